The van der Waals surface area contributed by atoms with Crippen LogP contribution >= 0.6 is 11.3 Å². The normalized spacial score (nSPS) is 12.1. The Morgan fingerprint density at radius 3 is 2.45 bits per heavy atom. The van der Waals surface area contributed by atoms with Crippen LogP contribution in [0.4, 0.5) is 5.13 Å². The van der Waals surface area contributed by atoms with Crippen molar-refractivity contribution < 1.29 is 48.9 Å². The summed E-state index contributed by atoms with van der Waals surface area (Å²) in [5.41, 5.74) is 0.457. The lowest BCUT2D eigenvalue weighted by atomic mass is 9.96. The van der Waals surface area contributed by atoms with E-state index in [1.165, 1.54) is 21.9 Å². The zero-order chi connectivity index (χ0) is 29.6. The van der Waals surface area contributed by atoms with E-state index >= 15 is 0 Å². The van der Waals surface area contributed by atoms with Crippen molar-refractivity contribution in [3.8, 4) is 17.1 Å². The molecule has 3 aromatic rings. The third-order valence-corrected chi connectivity index (χ3v) is 6.66. The fourth-order valence-electron chi connectivity index (χ4n) is 3.82. The van der Waals surface area contributed by atoms with Crippen LogP contribution in [0.3, 0.4) is 0 Å². The van der Waals surface area contributed by atoms with Crippen molar-refractivity contribution >= 4 is 40.3 Å². The maximum absolute atomic E-state index is 12.3. The molecular weight excluding hydrogens is 550 g/mol. The molecule has 0 saturated carbocycles. The highest BCUT2D eigenvalue weighted by Crippen LogP contribution is 2.37. The van der Waals surface area contributed by atoms with E-state index in [1.54, 1.807) is 6.07 Å². The number of carboxylic acids is 3. The lowest BCUT2D eigenvalue weighted by Gasteiger charge is -2.18. The van der Waals surface area contributed by atoms with Gasteiger partial charge in [0.15, 0.2) is 10.7 Å². The van der Waals surface area contributed by atoms with Crippen molar-refractivity contribution in [2.45, 2.75) is 64.1 Å². The highest BCUT2D eigenvalue weighted by molar-refractivity contribution is 7.16. The van der Waals surface area contributed by atoms with Gasteiger partial charge in [0.05, 0.1) is 30.8 Å². The fourth-order valence-corrected chi connectivity index (χ4v) is 4.81. The van der Waals surface area contributed by atoms with Gasteiger partial charge in [0.25, 0.3) is 5.88 Å². The molecule has 15 nitrogen and oxygen atoms in total. The number of aliphatic carboxylic acids is 3. The molecular formula is C24H29N5O10S. The number of nitrogens with one attached hydrogen (secondary N) is 1. The molecule has 0 fully saturated rings. The van der Waals surface area contributed by atoms with Crippen molar-refractivity contribution in [3.05, 3.63) is 28.6 Å². The molecule has 5 N–H and O–H groups in total. The minimum Gasteiger partial charge on any atom is -0.481 e. The number of ether oxygens (including phenoxy) is 1. The first-order chi connectivity index (χ1) is 18.8. The number of carbonyl (C=O) groups excluding carboxylic acids is 1. The molecule has 16 heteroatoms. The van der Waals surface area contributed by atoms with Gasteiger partial charge in [-0.25, -0.2) is 9.78 Å². The Labute approximate surface area is 231 Å². The number of fused-ring (bicyclic) bond motifs is 3. The van der Waals surface area contributed by atoms with Crippen LogP contribution in [0.2, 0.25) is 0 Å². The Morgan fingerprint density at radius 1 is 1.18 bits per heavy atom. The molecule has 0 spiro atoms. The molecule has 1 aliphatic carbocycles. The van der Waals surface area contributed by atoms with Gasteiger partial charge in [-0.15, -0.1) is 11.3 Å². The topological polar surface area (TPSA) is 227 Å². The number of nitrogens with zero attached hydrogens (tertiary/aromatic N) is 4. The van der Waals surface area contributed by atoms with Gasteiger partial charge in [0.2, 0.25) is 5.91 Å². The van der Waals surface area contributed by atoms with Crippen molar-refractivity contribution in [3.63, 3.8) is 0 Å². The summed E-state index contributed by atoms with van der Waals surface area (Å²) in [6.07, 6.45) is 2.20. The average Bonchev–Trinajstić information content (AvgIpc) is 3.55. The van der Waals surface area contributed by atoms with Gasteiger partial charge in [-0.1, -0.05) is 0 Å². The number of hydrogen-bond acceptors (Lipinski definition) is 11. The summed E-state index contributed by atoms with van der Waals surface area (Å²) >= 11 is 1.53. The fraction of sp³-hybridized carbons (Fsp3) is 0.458. The maximum atomic E-state index is 12.3. The molecule has 40 heavy (non-hydrogen) atoms. The number of rotatable bonds is 11. The standard InChI is InChI=1S/C18H21N5O3S.C6H8O7/c1-10(2)25-16-8-11(26-22-16)4-7-15(24)20-18-21-17-12-9-19-23(3)13(12)5-6-14(17)27-18;7-3(8)1-6(13,5(11)12)2-4(9)10/h8-10H,4-7H2,1-3H3,(H,20,21,24);13H,1-2H2,(H,7,8)(H,9,10)(H,11,12). The molecule has 0 aromatic carbocycles. The van der Waals surface area contributed by atoms with E-state index in [2.05, 4.69) is 20.6 Å². The molecule has 0 aliphatic heterocycles. The molecule has 3 heterocycles. The summed E-state index contributed by atoms with van der Waals surface area (Å²) in [6, 6.07) is 1.72. The van der Waals surface area contributed by atoms with Gasteiger partial charge in [0.1, 0.15) is 5.76 Å². The molecule has 0 unspecified atom stereocenters. The van der Waals surface area contributed by atoms with Gasteiger partial charge in [-0.05, 0) is 31.8 Å². The lowest BCUT2D eigenvalue weighted by molar-refractivity contribution is -0.170. The number of aryl methyl sites for hydroxylation is 3. The SMILES string of the molecule is CC(C)Oc1cc(CCC(=O)Nc2nc3c(s2)CCc2c-3cnn2C)on1.O=C(O)CC(O)(CC(=O)O)C(=O)O. The van der Waals surface area contributed by atoms with Crippen LogP contribution < -0.4 is 10.1 Å². The van der Waals surface area contributed by atoms with Crippen molar-refractivity contribution in [2.75, 3.05) is 5.32 Å². The smallest absolute Gasteiger partial charge is 0.336 e. The van der Waals surface area contributed by atoms with E-state index in [0.29, 0.717) is 29.6 Å². The predicted molar refractivity (Wildman–Crippen MR) is 138 cm³/mol. The van der Waals surface area contributed by atoms with E-state index in [0.717, 1.165) is 24.1 Å². The van der Waals surface area contributed by atoms with E-state index < -0.39 is 36.4 Å². The second kappa shape index (κ2) is 12.7. The van der Waals surface area contributed by atoms with E-state index in [-0.39, 0.29) is 12.0 Å². The number of aliphatic hydroxyl groups is 1. The summed E-state index contributed by atoms with van der Waals surface area (Å²) in [5.74, 6) is -4.05. The number of hydrogen-bond donors (Lipinski definition) is 5. The van der Waals surface area contributed by atoms with E-state index in [1.807, 2.05) is 31.8 Å². The third kappa shape index (κ3) is 7.86. The van der Waals surface area contributed by atoms with Gasteiger partial charge in [-0.2, -0.15) is 5.10 Å². The number of aromatic nitrogens is 4. The van der Waals surface area contributed by atoms with E-state index in [9.17, 15) is 19.2 Å². The molecule has 4 rings (SSSR count). The first-order valence-corrected chi connectivity index (χ1v) is 12.9. The summed E-state index contributed by atoms with van der Waals surface area (Å²) < 4.78 is 12.5. The van der Waals surface area contributed by atoms with Crippen molar-refractivity contribution in [2.24, 2.45) is 7.05 Å². The molecule has 1 amide bonds. The minimum atomic E-state index is -2.74. The zero-order valence-corrected chi connectivity index (χ0v) is 22.7. The number of anilines is 1. The zero-order valence-electron chi connectivity index (χ0n) is 21.9. The molecule has 0 bridgehead atoms. The molecule has 0 saturated heterocycles. The van der Waals surface area contributed by atoms with Crippen LogP contribution in [0.15, 0.2) is 16.8 Å². The van der Waals surface area contributed by atoms with Crippen molar-refractivity contribution in [1.82, 2.24) is 19.9 Å². The summed E-state index contributed by atoms with van der Waals surface area (Å²) in [6.45, 7) is 3.84. The van der Waals surface area contributed by atoms with Gasteiger partial charge in [0, 0.05) is 42.1 Å². The molecule has 0 atom stereocenters. The van der Waals surface area contributed by atoms with Crippen LogP contribution in [-0.2, 0) is 45.5 Å². The average molecular weight is 580 g/mol. The molecule has 0 radical (unpaired) electrons. The van der Waals surface area contributed by atoms with Crippen molar-refractivity contribution in [1.29, 1.82) is 0 Å². The largest absolute Gasteiger partial charge is 0.481 e. The Bertz CT molecular complexity index is 1380. The predicted octanol–water partition coefficient (Wildman–Crippen LogP) is 1.74. The summed E-state index contributed by atoms with van der Waals surface area (Å²) in [7, 11) is 1.94. The lowest BCUT2D eigenvalue weighted by Crippen LogP contribution is -2.42. The Morgan fingerprint density at radius 2 is 1.85 bits per heavy atom. The first kappa shape index (κ1) is 30.2. The molecule has 3 aromatic heterocycles. The second-order valence-corrected chi connectivity index (χ2v) is 10.3. The Kier molecular flexibility index (Phi) is 9.60. The summed E-state index contributed by atoms with van der Waals surface area (Å²) in [5, 5.41) is 45.5. The maximum Gasteiger partial charge on any atom is 0.336 e. The highest BCUT2D eigenvalue weighted by Gasteiger charge is 2.40. The van der Waals surface area contributed by atoms with Gasteiger partial charge < -0.3 is 35.0 Å². The Hall–Kier alpha value is -4.31. The monoisotopic (exact) mass is 579 g/mol. The van der Waals surface area contributed by atoms with E-state index in [4.69, 9.17) is 29.7 Å². The third-order valence-electron chi connectivity index (χ3n) is 5.63. The number of thiazole rings is 1. The molecule has 1 aliphatic rings. The number of carboxylic acid groups (broad SMARTS) is 3. The second-order valence-electron chi connectivity index (χ2n) is 9.24. The highest BCUT2D eigenvalue weighted by atomic mass is 32.1. The minimum absolute atomic E-state index is 0.0301. The Balaban J connectivity index is 0.000000289. The number of amides is 1. The summed E-state index contributed by atoms with van der Waals surface area (Å²) in [4.78, 5) is 48.6. The van der Waals surface area contributed by atoms with Gasteiger partial charge >= 0.3 is 17.9 Å². The van der Waals surface area contributed by atoms with Crippen LogP contribution in [0.5, 0.6) is 5.88 Å². The van der Waals surface area contributed by atoms with Crippen LogP contribution in [0.25, 0.3) is 11.3 Å². The van der Waals surface area contributed by atoms with Crippen LogP contribution in [0, 0.1) is 0 Å². The molecule has 216 valence electrons. The quantitative estimate of drug-likeness (QED) is 0.218. The van der Waals surface area contributed by atoms with Crippen LogP contribution in [0.1, 0.15) is 49.4 Å². The first-order valence-electron chi connectivity index (χ1n) is 12.1. The number of carbonyl (C=O) groups is 4. The van der Waals surface area contributed by atoms with Crippen LogP contribution in [-0.4, -0.2) is 75.9 Å². The van der Waals surface area contributed by atoms with Gasteiger partial charge in [-0.3, -0.25) is 19.1 Å².